The van der Waals surface area contributed by atoms with E-state index in [1.165, 1.54) is 5.56 Å². The Labute approximate surface area is 137 Å². The standard InChI is InChI=1S/C18H24N2O3/c1-14-4-6-15(7-5-14)13-17(21)19-8-10-20(11-9-19)18(22)16-3-2-12-23-16/h4-7,16H,2-3,8-13H2,1H3/t16-/m0/s1. The van der Waals surface area contributed by atoms with Gasteiger partial charge in [0.25, 0.3) is 5.91 Å². The van der Waals surface area contributed by atoms with Crippen molar-refractivity contribution in [3.63, 3.8) is 0 Å². The van der Waals surface area contributed by atoms with Crippen LogP contribution in [0.15, 0.2) is 24.3 Å². The molecule has 3 rings (SSSR count). The summed E-state index contributed by atoms with van der Waals surface area (Å²) >= 11 is 0. The second-order valence-electron chi connectivity index (χ2n) is 6.37. The zero-order valence-electron chi connectivity index (χ0n) is 13.7. The zero-order valence-corrected chi connectivity index (χ0v) is 13.7. The first-order valence-electron chi connectivity index (χ1n) is 8.37. The molecule has 2 aliphatic rings. The van der Waals surface area contributed by atoms with Crippen molar-refractivity contribution in [2.75, 3.05) is 32.8 Å². The van der Waals surface area contributed by atoms with Crippen molar-refractivity contribution in [1.82, 2.24) is 9.80 Å². The summed E-state index contributed by atoms with van der Waals surface area (Å²) in [7, 11) is 0. The second kappa shape index (κ2) is 7.13. The maximum atomic E-state index is 12.4. The number of aryl methyl sites for hydroxylation is 1. The molecule has 124 valence electrons. The predicted octanol–water partition coefficient (Wildman–Crippen LogP) is 1.39. The number of nitrogens with zero attached hydrogens (tertiary/aromatic N) is 2. The fourth-order valence-corrected chi connectivity index (χ4v) is 3.14. The van der Waals surface area contributed by atoms with Crippen LogP contribution in [0.1, 0.15) is 24.0 Å². The van der Waals surface area contributed by atoms with E-state index in [1.807, 2.05) is 41.0 Å². The van der Waals surface area contributed by atoms with E-state index in [0.717, 1.165) is 18.4 Å². The van der Waals surface area contributed by atoms with E-state index in [2.05, 4.69) is 0 Å². The number of carbonyl (C=O) groups excluding carboxylic acids is 2. The lowest BCUT2D eigenvalue weighted by molar-refractivity contribution is -0.145. The topological polar surface area (TPSA) is 49.9 Å². The first-order valence-corrected chi connectivity index (χ1v) is 8.37. The van der Waals surface area contributed by atoms with E-state index in [9.17, 15) is 9.59 Å². The van der Waals surface area contributed by atoms with Crippen LogP contribution in [-0.4, -0.2) is 60.5 Å². The third-order valence-electron chi connectivity index (χ3n) is 4.63. The number of benzene rings is 1. The van der Waals surface area contributed by atoms with Gasteiger partial charge in [-0.25, -0.2) is 0 Å². The quantitative estimate of drug-likeness (QED) is 0.847. The molecule has 0 aliphatic carbocycles. The Morgan fingerprint density at radius 1 is 1.09 bits per heavy atom. The summed E-state index contributed by atoms with van der Waals surface area (Å²) in [6, 6.07) is 8.07. The Morgan fingerprint density at radius 2 is 1.74 bits per heavy atom. The third kappa shape index (κ3) is 3.91. The first kappa shape index (κ1) is 16.0. The Bertz CT molecular complexity index is 556. The molecule has 0 N–H and O–H groups in total. The van der Waals surface area contributed by atoms with Crippen molar-refractivity contribution >= 4 is 11.8 Å². The van der Waals surface area contributed by atoms with Crippen molar-refractivity contribution in [2.24, 2.45) is 0 Å². The van der Waals surface area contributed by atoms with Gasteiger partial charge in [0.05, 0.1) is 6.42 Å². The van der Waals surface area contributed by atoms with Crippen LogP contribution >= 0.6 is 0 Å². The summed E-state index contributed by atoms with van der Waals surface area (Å²) in [6.45, 7) is 5.17. The van der Waals surface area contributed by atoms with Crippen LogP contribution in [0.2, 0.25) is 0 Å². The number of amides is 2. The molecular formula is C18H24N2O3. The summed E-state index contributed by atoms with van der Waals surface area (Å²) in [5.41, 5.74) is 2.24. The highest BCUT2D eigenvalue weighted by molar-refractivity contribution is 5.82. The van der Waals surface area contributed by atoms with Gasteiger partial charge in [0.1, 0.15) is 6.10 Å². The monoisotopic (exact) mass is 316 g/mol. The number of hydrogen-bond donors (Lipinski definition) is 0. The summed E-state index contributed by atoms with van der Waals surface area (Å²) in [6.07, 6.45) is 1.96. The largest absolute Gasteiger partial charge is 0.368 e. The number of carbonyl (C=O) groups is 2. The normalized spacial score (nSPS) is 21.5. The summed E-state index contributed by atoms with van der Waals surface area (Å²) in [4.78, 5) is 28.4. The smallest absolute Gasteiger partial charge is 0.251 e. The fourth-order valence-electron chi connectivity index (χ4n) is 3.14. The van der Waals surface area contributed by atoms with Crippen LogP contribution in [0.4, 0.5) is 0 Å². The van der Waals surface area contributed by atoms with Crippen LogP contribution in [0.5, 0.6) is 0 Å². The Balaban J connectivity index is 1.49. The number of piperazine rings is 1. The van der Waals surface area contributed by atoms with Gasteiger partial charge in [0.2, 0.25) is 5.91 Å². The highest BCUT2D eigenvalue weighted by Crippen LogP contribution is 2.16. The number of rotatable bonds is 3. The van der Waals surface area contributed by atoms with Crippen molar-refractivity contribution < 1.29 is 14.3 Å². The van der Waals surface area contributed by atoms with E-state index in [4.69, 9.17) is 4.74 Å². The molecule has 1 aromatic rings. The highest BCUT2D eigenvalue weighted by atomic mass is 16.5. The molecule has 0 saturated carbocycles. The molecule has 2 saturated heterocycles. The highest BCUT2D eigenvalue weighted by Gasteiger charge is 2.31. The maximum absolute atomic E-state index is 12.4. The molecule has 2 aliphatic heterocycles. The molecule has 23 heavy (non-hydrogen) atoms. The maximum Gasteiger partial charge on any atom is 0.251 e. The van der Waals surface area contributed by atoms with Crippen LogP contribution in [0, 0.1) is 6.92 Å². The molecule has 5 heteroatoms. The zero-order chi connectivity index (χ0) is 16.2. The van der Waals surface area contributed by atoms with Gasteiger partial charge in [0, 0.05) is 32.8 Å². The number of hydrogen-bond acceptors (Lipinski definition) is 3. The molecule has 2 amide bonds. The molecule has 1 aromatic carbocycles. The van der Waals surface area contributed by atoms with Crippen molar-refractivity contribution in [2.45, 2.75) is 32.3 Å². The van der Waals surface area contributed by atoms with Crippen LogP contribution in [-0.2, 0) is 20.7 Å². The molecule has 0 bridgehead atoms. The third-order valence-corrected chi connectivity index (χ3v) is 4.63. The molecule has 1 atom stereocenters. The van der Waals surface area contributed by atoms with Crippen molar-refractivity contribution in [1.29, 1.82) is 0 Å². The minimum atomic E-state index is -0.259. The van der Waals surface area contributed by atoms with E-state index >= 15 is 0 Å². The molecule has 0 aromatic heterocycles. The van der Waals surface area contributed by atoms with Gasteiger partial charge in [0.15, 0.2) is 0 Å². The molecule has 5 nitrogen and oxygen atoms in total. The summed E-state index contributed by atoms with van der Waals surface area (Å²) in [5.74, 6) is 0.228. The fraction of sp³-hybridized carbons (Fsp3) is 0.556. The van der Waals surface area contributed by atoms with Crippen molar-refractivity contribution in [3.05, 3.63) is 35.4 Å². The molecule has 0 radical (unpaired) electrons. The molecular weight excluding hydrogens is 292 g/mol. The first-order chi connectivity index (χ1) is 11.1. The lowest BCUT2D eigenvalue weighted by Gasteiger charge is -2.35. The molecule has 2 heterocycles. The summed E-state index contributed by atoms with van der Waals surface area (Å²) in [5, 5.41) is 0. The van der Waals surface area contributed by atoms with E-state index in [-0.39, 0.29) is 17.9 Å². The summed E-state index contributed by atoms with van der Waals surface area (Å²) < 4.78 is 5.46. The van der Waals surface area contributed by atoms with Gasteiger partial charge < -0.3 is 14.5 Å². The van der Waals surface area contributed by atoms with E-state index < -0.39 is 0 Å². The SMILES string of the molecule is Cc1ccc(CC(=O)N2CCN(C(=O)[C@@H]3CCCO3)CC2)cc1. The van der Waals surface area contributed by atoms with Crippen LogP contribution in [0.25, 0.3) is 0 Å². The van der Waals surface area contributed by atoms with Crippen LogP contribution in [0.3, 0.4) is 0 Å². The van der Waals surface area contributed by atoms with Gasteiger partial charge in [-0.15, -0.1) is 0 Å². The lowest BCUT2D eigenvalue weighted by Crippen LogP contribution is -2.53. The Morgan fingerprint density at radius 3 is 2.35 bits per heavy atom. The van der Waals surface area contributed by atoms with E-state index in [0.29, 0.717) is 39.2 Å². The molecule has 0 unspecified atom stereocenters. The van der Waals surface area contributed by atoms with E-state index in [1.54, 1.807) is 0 Å². The minimum absolute atomic E-state index is 0.0909. The lowest BCUT2D eigenvalue weighted by atomic mass is 10.1. The minimum Gasteiger partial charge on any atom is -0.368 e. The van der Waals surface area contributed by atoms with Gasteiger partial charge >= 0.3 is 0 Å². The average Bonchev–Trinajstić information content (AvgIpc) is 3.11. The predicted molar refractivity (Wildman–Crippen MR) is 87.0 cm³/mol. The van der Waals surface area contributed by atoms with Crippen LogP contribution < -0.4 is 0 Å². The van der Waals surface area contributed by atoms with Gasteiger partial charge in [-0.05, 0) is 25.3 Å². The molecule has 0 spiro atoms. The Hall–Kier alpha value is -1.88. The van der Waals surface area contributed by atoms with Gasteiger partial charge in [-0.3, -0.25) is 9.59 Å². The Kier molecular flexibility index (Phi) is 4.96. The van der Waals surface area contributed by atoms with Gasteiger partial charge in [-0.1, -0.05) is 29.8 Å². The van der Waals surface area contributed by atoms with Crippen molar-refractivity contribution in [3.8, 4) is 0 Å². The average molecular weight is 316 g/mol. The molecule has 2 fully saturated rings. The second-order valence-corrected chi connectivity index (χ2v) is 6.37. The number of ether oxygens (including phenoxy) is 1. The van der Waals surface area contributed by atoms with Gasteiger partial charge in [-0.2, -0.15) is 0 Å².